The molecule has 0 bridgehead atoms. The van der Waals surface area contributed by atoms with Gasteiger partial charge in [-0.25, -0.2) is 8.42 Å². The molecule has 0 amide bonds. The van der Waals surface area contributed by atoms with Crippen LogP contribution in [0.4, 0.5) is 0 Å². The lowest BCUT2D eigenvalue weighted by molar-refractivity contribution is 0.0619. The lowest BCUT2D eigenvalue weighted by Crippen LogP contribution is -2.21. The van der Waals surface area contributed by atoms with Crippen molar-refractivity contribution in [3.05, 3.63) is 0 Å². The van der Waals surface area contributed by atoms with Gasteiger partial charge in [0.25, 0.3) is 0 Å². The van der Waals surface area contributed by atoms with Crippen molar-refractivity contribution >= 4 is 9.84 Å². The third-order valence-corrected chi connectivity index (χ3v) is 3.78. The van der Waals surface area contributed by atoms with Crippen LogP contribution < -0.4 is 0 Å². The first-order valence-corrected chi connectivity index (χ1v) is 6.86. The van der Waals surface area contributed by atoms with Crippen LogP contribution in [0.25, 0.3) is 0 Å². The summed E-state index contributed by atoms with van der Waals surface area (Å²) in [5.74, 6) is 0.245. The highest BCUT2D eigenvalue weighted by Gasteiger charge is 2.54. The Bertz CT molecular complexity index is 285. The largest absolute Gasteiger partial charge is 0.396 e. The van der Waals surface area contributed by atoms with Crippen molar-refractivity contribution in [1.29, 1.82) is 0 Å². The topological polar surface area (TPSA) is 63.6 Å². The molecule has 84 valence electrons. The predicted molar refractivity (Wildman–Crippen MR) is 53.8 cm³/mol. The molecule has 1 aliphatic carbocycles. The van der Waals surface area contributed by atoms with E-state index >= 15 is 0 Å². The molecule has 1 N–H and O–H groups in total. The van der Waals surface area contributed by atoms with E-state index in [9.17, 15) is 13.5 Å². The van der Waals surface area contributed by atoms with E-state index in [4.69, 9.17) is 4.74 Å². The minimum absolute atomic E-state index is 0.0210. The molecule has 4 nitrogen and oxygen atoms in total. The van der Waals surface area contributed by atoms with Crippen LogP contribution in [0.1, 0.15) is 13.3 Å². The third-order valence-electron chi connectivity index (χ3n) is 2.77. The molecule has 0 spiro atoms. The lowest BCUT2D eigenvalue weighted by Gasteiger charge is -2.13. The van der Waals surface area contributed by atoms with Crippen LogP contribution in [0.15, 0.2) is 0 Å². The third kappa shape index (κ3) is 2.93. The molecule has 0 aromatic carbocycles. The van der Waals surface area contributed by atoms with Gasteiger partial charge >= 0.3 is 0 Å². The monoisotopic (exact) mass is 222 g/mol. The van der Waals surface area contributed by atoms with E-state index in [1.807, 2.05) is 6.92 Å². The molecule has 1 saturated carbocycles. The number of rotatable bonds is 6. The summed E-state index contributed by atoms with van der Waals surface area (Å²) in [6.07, 6.45) is 1.99. The lowest BCUT2D eigenvalue weighted by atomic mass is 10.1. The van der Waals surface area contributed by atoms with Crippen LogP contribution in [-0.2, 0) is 14.6 Å². The van der Waals surface area contributed by atoms with Gasteiger partial charge in [-0.2, -0.15) is 0 Å². The summed E-state index contributed by atoms with van der Waals surface area (Å²) in [7, 11) is -2.93. The van der Waals surface area contributed by atoms with Crippen molar-refractivity contribution in [2.45, 2.75) is 13.3 Å². The van der Waals surface area contributed by atoms with Gasteiger partial charge in [0.15, 0.2) is 0 Å². The van der Waals surface area contributed by atoms with Gasteiger partial charge in [-0.05, 0) is 19.3 Å². The summed E-state index contributed by atoms with van der Waals surface area (Å²) in [4.78, 5) is 0. The second kappa shape index (κ2) is 4.16. The van der Waals surface area contributed by atoms with E-state index in [1.54, 1.807) is 0 Å². The summed E-state index contributed by atoms with van der Waals surface area (Å²) in [5, 5.41) is 9.18. The van der Waals surface area contributed by atoms with Gasteiger partial charge in [0.05, 0.1) is 19.0 Å². The molecule has 0 aromatic rings. The number of ether oxygens (including phenoxy) is 1. The first-order chi connectivity index (χ1) is 6.43. The predicted octanol–water partition coefficient (Wildman–Crippen LogP) is 0.0661. The highest BCUT2D eigenvalue weighted by Crippen LogP contribution is 2.52. The smallest absolute Gasteiger partial charge is 0.147 e. The fraction of sp³-hybridized carbons (Fsp3) is 1.00. The van der Waals surface area contributed by atoms with Gasteiger partial charge < -0.3 is 9.84 Å². The quantitative estimate of drug-likeness (QED) is 0.690. The van der Waals surface area contributed by atoms with Crippen molar-refractivity contribution in [2.24, 2.45) is 11.3 Å². The van der Waals surface area contributed by atoms with E-state index < -0.39 is 9.84 Å². The Hall–Kier alpha value is -0.130. The van der Waals surface area contributed by atoms with Crippen molar-refractivity contribution < 1.29 is 18.3 Å². The molecule has 5 heteroatoms. The van der Waals surface area contributed by atoms with E-state index in [0.29, 0.717) is 13.2 Å². The molecule has 0 heterocycles. The molecule has 0 radical (unpaired) electrons. The van der Waals surface area contributed by atoms with Crippen LogP contribution in [-0.4, -0.2) is 45.4 Å². The van der Waals surface area contributed by atoms with Gasteiger partial charge in [-0.1, -0.05) is 0 Å². The fourth-order valence-electron chi connectivity index (χ4n) is 1.75. The van der Waals surface area contributed by atoms with Gasteiger partial charge in [0, 0.05) is 18.3 Å². The molecule has 2 atom stereocenters. The van der Waals surface area contributed by atoms with Gasteiger partial charge in [0.1, 0.15) is 9.84 Å². The van der Waals surface area contributed by atoms with Crippen LogP contribution in [0, 0.1) is 11.3 Å². The van der Waals surface area contributed by atoms with E-state index in [2.05, 4.69) is 0 Å². The summed E-state index contributed by atoms with van der Waals surface area (Å²) in [5.41, 5.74) is -0.279. The zero-order valence-corrected chi connectivity index (χ0v) is 9.51. The first-order valence-electron chi connectivity index (χ1n) is 4.80. The van der Waals surface area contributed by atoms with Crippen molar-refractivity contribution in [3.63, 3.8) is 0 Å². The van der Waals surface area contributed by atoms with Gasteiger partial charge in [0.2, 0.25) is 0 Å². The highest BCUT2D eigenvalue weighted by atomic mass is 32.2. The Labute approximate surface area is 85.2 Å². The normalized spacial score (nSPS) is 31.8. The maximum atomic E-state index is 11.0. The van der Waals surface area contributed by atoms with Crippen LogP contribution in [0.5, 0.6) is 0 Å². The van der Waals surface area contributed by atoms with Crippen molar-refractivity contribution in [1.82, 2.24) is 0 Å². The van der Waals surface area contributed by atoms with Gasteiger partial charge in [-0.3, -0.25) is 0 Å². The van der Waals surface area contributed by atoms with Crippen LogP contribution in [0.2, 0.25) is 0 Å². The minimum Gasteiger partial charge on any atom is -0.396 e. The van der Waals surface area contributed by atoms with Crippen LogP contribution in [0.3, 0.4) is 0 Å². The van der Waals surface area contributed by atoms with Crippen molar-refractivity contribution in [2.75, 3.05) is 31.8 Å². The molecule has 0 aliphatic heterocycles. The van der Waals surface area contributed by atoms with Crippen molar-refractivity contribution in [3.8, 4) is 0 Å². The fourth-order valence-corrected chi connectivity index (χ4v) is 2.96. The highest BCUT2D eigenvalue weighted by molar-refractivity contribution is 7.90. The van der Waals surface area contributed by atoms with E-state index in [1.165, 1.54) is 6.26 Å². The average Bonchev–Trinajstić information content (AvgIpc) is 2.73. The zero-order chi connectivity index (χ0) is 10.8. The van der Waals surface area contributed by atoms with Gasteiger partial charge in [-0.15, -0.1) is 0 Å². The Balaban J connectivity index is 2.46. The minimum atomic E-state index is -2.93. The Morgan fingerprint density at radius 3 is 2.64 bits per heavy atom. The maximum Gasteiger partial charge on any atom is 0.147 e. The number of aliphatic hydroxyl groups is 1. The molecule has 0 aromatic heterocycles. The number of hydrogen-bond donors (Lipinski definition) is 1. The molecular formula is C9H18O4S. The summed E-state index contributed by atoms with van der Waals surface area (Å²) >= 11 is 0. The molecule has 1 rings (SSSR count). The second-order valence-electron chi connectivity index (χ2n) is 4.15. The number of sulfone groups is 1. The first kappa shape index (κ1) is 11.9. The Morgan fingerprint density at radius 1 is 1.57 bits per heavy atom. The molecule has 1 aliphatic rings. The summed E-state index contributed by atoms with van der Waals surface area (Å²) in [6, 6.07) is 0. The van der Waals surface area contributed by atoms with E-state index in [0.717, 1.165) is 6.42 Å². The summed E-state index contributed by atoms with van der Waals surface area (Å²) < 4.78 is 27.3. The zero-order valence-electron chi connectivity index (χ0n) is 8.69. The summed E-state index contributed by atoms with van der Waals surface area (Å²) in [6.45, 7) is 2.99. The van der Waals surface area contributed by atoms with Crippen LogP contribution >= 0.6 is 0 Å². The standard InChI is InChI=1S/C9H18O4S/c1-3-13-7-9(6-10)4-8(9)5-14(2,11)12/h8,10H,3-7H2,1-2H3/t8-,9-/m1/s1. The second-order valence-corrected chi connectivity index (χ2v) is 6.34. The molecule has 1 fully saturated rings. The molecule has 14 heavy (non-hydrogen) atoms. The SMILES string of the molecule is CCOC[C@]1(CO)C[C@@H]1CS(C)(=O)=O. The molecule has 0 unspecified atom stereocenters. The molecular weight excluding hydrogens is 204 g/mol. The Kier molecular flexibility index (Phi) is 3.55. The number of aliphatic hydroxyl groups excluding tert-OH is 1. The average molecular weight is 222 g/mol. The maximum absolute atomic E-state index is 11.0. The Morgan fingerprint density at radius 2 is 2.21 bits per heavy atom. The molecule has 0 saturated heterocycles. The van der Waals surface area contributed by atoms with E-state index in [-0.39, 0.29) is 23.7 Å². The number of hydrogen-bond acceptors (Lipinski definition) is 4.